The van der Waals surface area contributed by atoms with Crippen LogP contribution in [0.5, 0.6) is 0 Å². The largest absolute Gasteiger partial charge is 0.444 e. The molecule has 0 aromatic rings. The van der Waals surface area contributed by atoms with Gasteiger partial charge in [0.1, 0.15) is 17.7 Å². The molecule has 0 aliphatic carbocycles. The Bertz CT molecular complexity index is 683. The van der Waals surface area contributed by atoms with E-state index >= 15 is 0 Å². The molecular weight excluding hydrogens is 390 g/mol. The average molecular weight is 426 g/mol. The SMILES string of the molecule is CC(C)[C@@H]1NC(=O)[C@@H](NC(=O)OC(C)(C)C)/C=C/CCNC(=O)[C@H]2OC(C)(C)O[C@@H]21. The van der Waals surface area contributed by atoms with E-state index in [0.717, 1.165) is 0 Å². The maximum atomic E-state index is 13.0. The van der Waals surface area contributed by atoms with Crippen LogP contribution in [0.3, 0.4) is 0 Å². The summed E-state index contributed by atoms with van der Waals surface area (Å²) < 4.78 is 17.1. The Balaban J connectivity index is 2.28. The molecule has 4 atom stereocenters. The number of hydrogen-bond acceptors (Lipinski definition) is 6. The normalized spacial score (nSPS) is 30.9. The van der Waals surface area contributed by atoms with E-state index in [1.54, 1.807) is 46.8 Å². The lowest BCUT2D eigenvalue weighted by Gasteiger charge is -2.31. The molecule has 2 rings (SSSR count). The Morgan fingerprint density at radius 2 is 1.90 bits per heavy atom. The molecular formula is C21H35N3O6. The molecule has 0 saturated carbocycles. The molecule has 1 fully saturated rings. The van der Waals surface area contributed by atoms with Gasteiger partial charge in [-0.05, 0) is 47.0 Å². The highest BCUT2D eigenvalue weighted by atomic mass is 16.8. The van der Waals surface area contributed by atoms with Crippen molar-refractivity contribution in [2.24, 2.45) is 5.92 Å². The van der Waals surface area contributed by atoms with Gasteiger partial charge in [-0.3, -0.25) is 9.59 Å². The van der Waals surface area contributed by atoms with Gasteiger partial charge >= 0.3 is 6.09 Å². The van der Waals surface area contributed by atoms with Crippen LogP contribution in [0.25, 0.3) is 0 Å². The van der Waals surface area contributed by atoms with E-state index in [9.17, 15) is 14.4 Å². The molecule has 1 saturated heterocycles. The summed E-state index contributed by atoms with van der Waals surface area (Å²) in [6, 6.07) is -1.43. The first kappa shape index (κ1) is 24.1. The van der Waals surface area contributed by atoms with Crippen LogP contribution in [-0.4, -0.2) is 60.1 Å². The van der Waals surface area contributed by atoms with Crippen molar-refractivity contribution in [1.82, 2.24) is 16.0 Å². The first-order valence-electron chi connectivity index (χ1n) is 10.4. The van der Waals surface area contributed by atoms with Crippen molar-refractivity contribution in [3.05, 3.63) is 12.2 Å². The molecule has 0 spiro atoms. The third-order valence-electron chi connectivity index (χ3n) is 4.66. The number of alkyl carbamates (subject to hydrolysis) is 1. The first-order chi connectivity index (χ1) is 13.8. The Kier molecular flexibility index (Phi) is 7.52. The van der Waals surface area contributed by atoms with Crippen molar-refractivity contribution in [3.63, 3.8) is 0 Å². The summed E-state index contributed by atoms with van der Waals surface area (Å²) in [5.41, 5.74) is -0.686. The van der Waals surface area contributed by atoms with Crippen LogP contribution in [-0.2, 0) is 23.8 Å². The number of nitrogens with one attached hydrogen (secondary N) is 3. The van der Waals surface area contributed by atoms with E-state index in [2.05, 4.69) is 16.0 Å². The second kappa shape index (κ2) is 9.34. The molecule has 0 aromatic heterocycles. The number of rotatable bonds is 2. The van der Waals surface area contributed by atoms with Gasteiger partial charge in [0.25, 0.3) is 5.91 Å². The topological polar surface area (TPSA) is 115 Å². The molecule has 3 N–H and O–H groups in total. The lowest BCUT2D eigenvalue weighted by Crippen LogP contribution is -2.58. The van der Waals surface area contributed by atoms with Crippen molar-refractivity contribution >= 4 is 17.9 Å². The number of carbonyl (C=O) groups excluding carboxylic acids is 3. The zero-order valence-electron chi connectivity index (χ0n) is 18.9. The Morgan fingerprint density at radius 3 is 2.50 bits per heavy atom. The molecule has 2 aliphatic rings. The minimum atomic E-state index is -0.961. The number of carbonyl (C=O) groups is 3. The number of ether oxygens (including phenoxy) is 3. The number of amides is 3. The fourth-order valence-corrected chi connectivity index (χ4v) is 3.38. The molecule has 170 valence electrons. The van der Waals surface area contributed by atoms with E-state index in [0.29, 0.717) is 13.0 Å². The Hall–Kier alpha value is -2.13. The van der Waals surface area contributed by atoms with Gasteiger partial charge < -0.3 is 30.2 Å². The lowest BCUT2D eigenvalue weighted by atomic mass is 9.93. The smallest absolute Gasteiger partial charge is 0.408 e. The highest BCUT2D eigenvalue weighted by Gasteiger charge is 2.50. The third-order valence-corrected chi connectivity index (χ3v) is 4.66. The fraction of sp³-hybridized carbons (Fsp3) is 0.762. The average Bonchev–Trinajstić information content (AvgIpc) is 2.90. The predicted molar refractivity (Wildman–Crippen MR) is 111 cm³/mol. The zero-order valence-corrected chi connectivity index (χ0v) is 18.9. The van der Waals surface area contributed by atoms with Crippen LogP contribution >= 0.6 is 0 Å². The van der Waals surface area contributed by atoms with Crippen LogP contribution in [0.2, 0.25) is 0 Å². The number of fused-ring (bicyclic) bond motifs is 1. The third kappa shape index (κ3) is 6.70. The van der Waals surface area contributed by atoms with Crippen molar-refractivity contribution in [2.45, 2.75) is 90.6 Å². The quantitative estimate of drug-likeness (QED) is 0.579. The van der Waals surface area contributed by atoms with Gasteiger partial charge in [0.2, 0.25) is 5.91 Å². The van der Waals surface area contributed by atoms with Crippen LogP contribution in [0.1, 0.15) is 54.9 Å². The first-order valence-corrected chi connectivity index (χ1v) is 10.4. The molecule has 0 aromatic carbocycles. The van der Waals surface area contributed by atoms with Gasteiger partial charge in [0.05, 0.1) is 6.04 Å². The highest BCUT2D eigenvalue weighted by Crippen LogP contribution is 2.32. The van der Waals surface area contributed by atoms with E-state index in [-0.39, 0.29) is 11.8 Å². The van der Waals surface area contributed by atoms with E-state index < -0.39 is 47.7 Å². The van der Waals surface area contributed by atoms with Gasteiger partial charge in [0, 0.05) is 6.54 Å². The fourth-order valence-electron chi connectivity index (χ4n) is 3.38. The van der Waals surface area contributed by atoms with Crippen molar-refractivity contribution in [2.75, 3.05) is 6.54 Å². The second-order valence-corrected chi connectivity index (χ2v) is 9.43. The van der Waals surface area contributed by atoms with E-state index in [1.165, 1.54) is 0 Å². The molecule has 0 unspecified atom stereocenters. The minimum absolute atomic E-state index is 0.0548. The molecule has 9 heteroatoms. The number of hydrogen-bond donors (Lipinski definition) is 3. The molecule has 3 amide bonds. The Labute approximate surface area is 178 Å². The van der Waals surface area contributed by atoms with Crippen LogP contribution in [0.15, 0.2) is 12.2 Å². The summed E-state index contributed by atoms with van der Waals surface area (Å²) in [5.74, 6) is -1.70. The summed E-state index contributed by atoms with van der Waals surface area (Å²) in [6.07, 6.45) is 1.61. The molecule has 0 bridgehead atoms. The van der Waals surface area contributed by atoms with Gasteiger partial charge in [0.15, 0.2) is 11.9 Å². The lowest BCUT2D eigenvalue weighted by molar-refractivity contribution is -0.157. The summed E-state index contributed by atoms with van der Waals surface area (Å²) in [6.45, 7) is 12.9. The predicted octanol–water partition coefficient (Wildman–Crippen LogP) is 1.62. The van der Waals surface area contributed by atoms with E-state index in [1.807, 2.05) is 13.8 Å². The monoisotopic (exact) mass is 425 g/mol. The maximum absolute atomic E-state index is 13.0. The van der Waals surface area contributed by atoms with Crippen molar-refractivity contribution in [3.8, 4) is 0 Å². The van der Waals surface area contributed by atoms with Gasteiger partial charge in [-0.2, -0.15) is 0 Å². The van der Waals surface area contributed by atoms with Crippen molar-refractivity contribution < 1.29 is 28.6 Å². The summed E-state index contributed by atoms with van der Waals surface area (Å²) in [5, 5.41) is 8.39. The molecule has 0 radical (unpaired) electrons. The highest BCUT2D eigenvalue weighted by molar-refractivity contribution is 5.88. The second-order valence-electron chi connectivity index (χ2n) is 9.43. The van der Waals surface area contributed by atoms with Crippen molar-refractivity contribution in [1.29, 1.82) is 0 Å². The zero-order chi connectivity index (χ0) is 22.7. The molecule has 2 heterocycles. The summed E-state index contributed by atoms with van der Waals surface area (Å²) in [7, 11) is 0. The van der Waals surface area contributed by atoms with E-state index in [4.69, 9.17) is 14.2 Å². The van der Waals surface area contributed by atoms with Crippen LogP contribution < -0.4 is 16.0 Å². The standard InChI is InChI=1S/C21H35N3O6/c1-12(2)14-15-16(29-21(6,7)28-15)18(26)22-11-9-8-10-13(17(25)24-14)23-19(27)30-20(3,4)5/h8,10,12-16H,9,11H2,1-7H3,(H,22,26)(H,23,27)(H,24,25)/b10-8+/t13-,14-,15+,16-/m0/s1. The maximum Gasteiger partial charge on any atom is 0.408 e. The molecule has 9 nitrogen and oxygen atoms in total. The van der Waals surface area contributed by atoms with Gasteiger partial charge in [-0.25, -0.2) is 4.79 Å². The molecule has 2 aliphatic heterocycles. The van der Waals surface area contributed by atoms with Gasteiger partial charge in [-0.15, -0.1) is 0 Å². The summed E-state index contributed by atoms with van der Waals surface area (Å²) in [4.78, 5) is 37.9. The molecule has 30 heavy (non-hydrogen) atoms. The van der Waals surface area contributed by atoms with Crippen LogP contribution in [0.4, 0.5) is 4.79 Å². The Morgan fingerprint density at radius 1 is 1.23 bits per heavy atom. The van der Waals surface area contributed by atoms with Crippen LogP contribution in [0, 0.1) is 5.92 Å². The summed E-state index contributed by atoms with van der Waals surface area (Å²) >= 11 is 0. The van der Waals surface area contributed by atoms with Gasteiger partial charge in [-0.1, -0.05) is 26.0 Å². The minimum Gasteiger partial charge on any atom is -0.444 e.